The third-order valence-corrected chi connectivity index (χ3v) is 5.16. The van der Waals surface area contributed by atoms with Crippen molar-refractivity contribution in [3.8, 4) is 5.75 Å². The van der Waals surface area contributed by atoms with Gasteiger partial charge in [-0.1, -0.05) is 30.3 Å². The standard InChI is InChI=1S/C23H17N3O6/c27-23(14-31-20-9-4-2-7-17(20)26(28)29)25-18(21-10-5-11-30-21)13-16(24-25)22-12-15-6-1-3-8-19(15)32-22/h1-12,18H,13-14H2. The molecule has 4 aromatic rings. The van der Waals surface area contributed by atoms with Gasteiger partial charge in [-0.05, 0) is 30.3 Å². The fourth-order valence-corrected chi connectivity index (χ4v) is 3.65. The number of hydrazone groups is 1. The average Bonchev–Trinajstić information content (AvgIpc) is 3.56. The zero-order valence-corrected chi connectivity index (χ0v) is 16.7. The fourth-order valence-electron chi connectivity index (χ4n) is 3.65. The molecule has 32 heavy (non-hydrogen) atoms. The van der Waals surface area contributed by atoms with Crippen molar-refractivity contribution in [2.75, 3.05) is 6.61 Å². The van der Waals surface area contributed by atoms with Crippen LogP contribution in [0.4, 0.5) is 5.69 Å². The summed E-state index contributed by atoms with van der Waals surface area (Å²) in [5.41, 5.74) is 1.11. The number of carbonyl (C=O) groups is 1. The van der Waals surface area contributed by atoms with Gasteiger partial charge in [0.2, 0.25) is 0 Å². The molecule has 0 spiro atoms. The molecule has 0 N–H and O–H groups in total. The number of ether oxygens (including phenoxy) is 1. The van der Waals surface area contributed by atoms with Crippen LogP contribution < -0.4 is 4.74 Å². The summed E-state index contributed by atoms with van der Waals surface area (Å²) in [6.07, 6.45) is 1.92. The van der Waals surface area contributed by atoms with Crippen molar-refractivity contribution in [3.63, 3.8) is 0 Å². The normalized spacial score (nSPS) is 15.7. The number of nitro groups is 1. The quantitative estimate of drug-likeness (QED) is 0.323. The molecule has 9 heteroatoms. The van der Waals surface area contributed by atoms with E-state index in [9.17, 15) is 14.9 Å². The highest BCUT2D eigenvalue weighted by Gasteiger charge is 2.36. The van der Waals surface area contributed by atoms with Gasteiger partial charge in [0.05, 0.1) is 11.2 Å². The number of hydrogen-bond acceptors (Lipinski definition) is 7. The van der Waals surface area contributed by atoms with Crippen molar-refractivity contribution >= 4 is 28.3 Å². The van der Waals surface area contributed by atoms with Crippen molar-refractivity contribution in [2.24, 2.45) is 5.10 Å². The lowest BCUT2D eigenvalue weighted by molar-refractivity contribution is -0.385. The van der Waals surface area contributed by atoms with Gasteiger partial charge in [0.25, 0.3) is 5.91 Å². The summed E-state index contributed by atoms with van der Waals surface area (Å²) in [5, 5.41) is 17.9. The monoisotopic (exact) mass is 431 g/mol. The number of para-hydroxylation sites is 3. The number of nitrogens with zero attached hydrogens (tertiary/aromatic N) is 3. The molecule has 0 saturated heterocycles. The first-order chi connectivity index (χ1) is 15.6. The maximum atomic E-state index is 13.0. The molecule has 1 atom stereocenters. The molecule has 1 amide bonds. The Kier molecular flexibility index (Phi) is 4.91. The molecule has 0 fully saturated rings. The summed E-state index contributed by atoms with van der Waals surface area (Å²) >= 11 is 0. The van der Waals surface area contributed by atoms with E-state index in [0.717, 1.165) is 11.0 Å². The number of hydrogen-bond donors (Lipinski definition) is 0. The van der Waals surface area contributed by atoms with Gasteiger partial charge in [0.15, 0.2) is 18.1 Å². The van der Waals surface area contributed by atoms with E-state index in [2.05, 4.69) is 5.10 Å². The summed E-state index contributed by atoms with van der Waals surface area (Å²) in [5.74, 6) is 0.688. The van der Waals surface area contributed by atoms with E-state index in [-0.39, 0.29) is 11.4 Å². The van der Waals surface area contributed by atoms with E-state index in [4.69, 9.17) is 13.6 Å². The third kappa shape index (κ3) is 3.60. The predicted molar refractivity (Wildman–Crippen MR) is 114 cm³/mol. The number of furan rings is 2. The van der Waals surface area contributed by atoms with E-state index in [1.54, 1.807) is 18.2 Å². The number of carbonyl (C=O) groups excluding carboxylic acids is 1. The molecule has 0 saturated carbocycles. The van der Waals surface area contributed by atoms with Crippen LogP contribution in [0.5, 0.6) is 5.75 Å². The summed E-state index contributed by atoms with van der Waals surface area (Å²) in [6.45, 7) is -0.418. The van der Waals surface area contributed by atoms with E-state index in [1.807, 2.05) is 30.3 Å². The highest BCUT2D eigenvalue weighted by atomic mass is 16.6. The minimum Gasteiger partial charge on any atom is -0.477 e. The first kappa shape index (κ1) is 19.6. The Labute approximate surface area is 181 Å². The maximum Gasteiger partial charge on any atom is 0.310 e. The van der Waals surface area contributed by atoms with Crippen LogP contribution in [-0.2, 0) is 4.79 Å². The molecule has 0 aliphatic carbocycles. The van der Waals surface area contributed by atoms with Crippen LogP contribution in [0.25, 0.3) is 11.0 Å². The van der Waals surface area contributed by atoms with Crippen LogP contribution in [0.1, 0.15) is 24.0 Å². The first-order valence-corrected chi connectivity index (χ1v) is 9.88. The SMILES string of the molecule is O=C(COc1ccccc1[N+](=O)[O-])N1N=C(c2cc3ccccc3o2)CC1c1ccco1. The van der Waals surface area contributed by atoms with Crippen LogP contribution in [-0.4, -0.2) is 28.2 Å². The summed E-state index contributed by atoms with van der Waals surface area (Å²) in [6, 6.07) is 18.4. The Hall–Kier alpha value is -4.40. The lowest BCUT2D eigenvalue weighted by atomic mass is 10.1. The molecule has 5 rings (SSSR count). The van der Waals surface area contributed by atoms with Gasteiger partial charge in [-0.15, -0.1) is 0 Å². The van der Waals surface area contributed by atoms with Gasteiger partial charge in [-0.25, -0.2) is 5.01 Å². The highest BCUT2D eigenvalue weighted by Crippen LogP contribution is 2.35. The molecule has 1 aliphatic heterocycles. The molecule has 9 nitrogen and oxygen atoms in total. The summed E-state index contributed by atoms with van der Waals surface area (Å²) < 4.78 is 16.9. The molecule has 1 unspecified atom stereocenters. The topological polar surface area (TPSA) is 111 Å². The van der Waals surface area contributed by atoms with Crippen LogP contribution in [0.15, 0.2) is 86.9 Å². The lowest BCUT2D eigenvalue weighted by Gasteiger charge is -2.19. The van der Waals surface area contributed by atoms with Gasteiger partial charge in [-0.3, -0.25) is 14.9 Å². The van der Waals surface area contributed by atoms with Crippen molar-refractivity contribution in [3.05, 3.63) is 94.6 Å². The minimum absolute atomic E-state index is 0.0149. The van der Waals surface area contributed by atoms with Crippen molar-refractivity contribution in [1.29, 1.82) is 0 Å². The second-order valence-electron chi connectivity index (χ2n) is 7.18. The van der Waals surface area contributed by atoms with E-state index in [1.165, 1.54) is 29.5 Å². The average molecular weight is 431 g/mol. The van der Waals surface area contributed by atoms with Gasteiger partial charge in [0.1, 0.15) is 23.1 Å². The molecule has 2 aromatic heterocycles. The Bertz CT molecular complexity index is 1290. The highest BCUT2D eigenvalue weighted by molar-refractivity contribution is 6.03. The largest absolute Gasteiger partial charge is 0.477 e. The predicted octanol–water partition coefficient (Wildman–Crippen LogP) is 4.69. The zero-order valence-electron chi connectivity index (χ0n) is 16.7. The second kappa shape index (κ2) is 8.03. The Balaban J connectivity index is 1.41. The Morgan fingerprint density at radius 3 is 2.75 bits per heavy atom. The molecule has 0 radical (unpaired) electrons. The molecule has 3 heterocycles. The number of benzene rings is 2. The van der Waals surface area contributed by atoms with Crippen molar-refractivity contribution in [2.45, 2.75) is 12.5 Å². The molecular formula is C23H17N3O6. The van der Waals surface area contributed by atoms with Crippen LogP contribution in [0, 0.1) is 10.1 Å². The third-order valence-electron chi connectivity index (χ3n) is 5.16. The molecule has 1 aliphatic rings. The fraction of sp³-hybridized carbons (Fsp3) is 0.130. The number of amides is 1. The Morgan fingerprint density at radius 1 is 1.16 bits per heavy atom. The number of rotatable bonds is 6. The summed E-state index contributed by atoms with van der Waals surface area (Å²) in [4.78, 5) is 23.6. The minimum atomic E-state index is -0.556. The van der Waals surface area contributed by atoms with Gasteiger partial charge >= 0.3 is 5.69 Å². The van der Waals surface area contributed by atoms with Gasteiger partial charge < -0.3 is 13.6 Å². The Morgan fingerprint density at radius 2 is 1.97 bits per heavy atom. The molecule has 2 aromatic carbocycles. The van der Waals surface area contributed by atoms with E-state index < -0.39 is 23.5 Å². The molecule has 160 valence electrons. The van der Waals surface area contributed by atoms with E-state index in [0.29, 0.717) is 23.7 Å². The lowest BCUT2D eigenvalue weighted by Crippen LogP contribution is -2.31. The molecular weight excluding hydrogens is 414 g/mol. The summed E-state index contributed by atoms with van der Waals surface area (Å²) in [7, 11) is 0. The first-order valence-electron chi connectivity index (χ1n) is 9.88. The van der Waals surface area contributed by atoms with Gasteiger partial charge in [-0.2, -0.15) is 5.10 Å². The van der Waals surface area contributed by atoms with Gasteiger partial charge in [0, 0.05) is 17.9 Å². The smallest absolute Gasteiger partial charge is 0.310 e. The maximum absolute atomic E-state index is 13.0. The zero-order chi connectivity index (χ0) is 22.1. The van der Waals surface area contributed by atoms with Crippen molar-refractivity contribution in [1.82, 2.24) is 5.01 Å². The molecule has 0 bridgehead atoms. The van der Waals surface area contributed by atoms with Crippen LogP contribution in [0.3, 0.4) is 0 Å². The van der Waals surface area contributed by atoms with Crippen molar-refractivity contribution < 1.29 is 23.3 Å². The van der Waals surface area contributed by atoms with Crippen LogP contribution >= 0.6 is 0 Å². The van der Waals surface area contributed by atoms with Crippen LogP contribution in [0.2, 0.25) is 0 Å². The number of fused-ring (bicyclic) bond motifs is 1. The van der Waals surface area contributed by atoms with E-state index >= 15 is 0 Å². The second-order valence-corrected chi connectivity index (χ2v) is 7.18. The number of nitro benzene ring substituents is 1.